The first-order valence-corrected chi connectivity index (χ1v) is 9.02. The van der Waals surface area contributed by atoms with Crippen LogP contribution in [0.25, 0.3) is 0 Å². The number of hydrogen-bond donors (Lipinski definition) is 1. The number of aromatic nitrogens is 2. The molecule has 1 aliphatic rings. The summed E-state index contributed by atoms with van der Waals surface area (Å²) in [5, 5.41) is 3.77. The van der Waals surface area contributed by atoms with Gasteiger partial charge in [-0.15, -0.1) is 0 Å². The molecule has 1 aromatic heterocycles. The first-order chi connectivity index (χ1) is 12.1. The van der Waals surface area contributed by atoms with Crippen LogP contribution in [0.2, 0.25) is 0 Å². The van der Waals surface area contributed by atoms with Crippen LogP contribution >= 0.6 is 0 Å². The molecule has 1 aromatic carbocycles. The number of nitrogens with one attached hydrogen (secondary N) is 1. The number of hydrogen-bond acceptors (Lipinski definition) is 5. The number of aryl methyl sites for hydroxylation is 2. The van der Waals surface area contributed by atoms with Gasteiger partial charge < -0.3 is 15.0 Å². The van der Waals surface area contributed by atoms with Gasteiger partial charge in [-0.2, -0.15) is 0 Å². The highest BCUT2D eigenvalue weighted by Gasteiger charge is 2.24. The molecule has 0 bridgehead atoms. The number of anilines is 1. The van der Waals surface area contributed by atoms with Crippen molar-refractivity contribution in [3.05, 3.63) is 47.5 Å². The highest BCUT2D eigenvalue weighted by molar-refractivity contribution is 5.58. The summed E-state index contributed by atoms with van der Waals surface area (Å²) in [6, 6.07) is 8.94. The highest BCUT2D eigenvalue weighted by Crippen LogP contribution is 2.30. The van der Waals surface area contributed by atoms with Crippen molar-refractivity contribution in [3.8, 4) is 5.75 Å². The Bertz CT molecular complexity index is 719. The van der Waals surface area contributed by atoms with Gasteiger partial charge in [-0.1, -0.05) is 12.1 Å². The van der Waals surface area contributed by atoms with Crippen LogP contribution in [-0.2, 0) is 0 Å². The van der Waals surface area contributed by atoms with Gasteiger partial charge in [0.1, 0.15) is 11.6 Å². The first-order valence-electron chi connectivity index (χ1n) is 9.02. The number of ether oxygens (including phenoxy) is 1. The largest absolute Gasteiger partial charge is 0.495 e. The average molecular weight is 340 g/mol. The highest BCUT2D eigenvalue weighted by atomic mass is 16.5. The van der Waals surface area contributed by atoms with Crippen molar-refractivity contribution in [2.24, 2.45) is 0 Å². The lowest BCUT2D eigenvalue weighted by molar-refractivity contribution is 0.379. The molecule has 1 saturated heterocycles. The van der Waals surface area contributed by atoms with E-state index in [1.807, 2.05) is 25.3 Å². The number of nitrogens with zero attached hydrogens (tertiary/aromatic N) is 3. The normalized spacial score (nSPS) is 18.9. The van der Waals surface area contributed by atoms with Crippen LogP contribution in [0.4, 0.5) is 5.69 Å². The van der Waals surface area contributed by atoms with Gasteiger partial charge in [-0.3, -0.25) is 0 Å². The molecule has 1 N–H and O–H groups in total. The summed E-state index contributed by atoms with van der Waals surface area (Å²) in [5.74, 6) is 1.77. The van der Waals surface area contributed by atoms with Crippen LogP contribution in [0.1, 0.15) is 42.9 Å². The van der Waals surface area contributed by atoms with Gasteiger partial charge in [0.25, 0.3) is 0 Å². The second-order valence-electron chi connectivity index (χ2n) is 6.80. The second kappa shape index (κ2) is 7.83. The maximum atomic E-state index is 5.53. The summed E-state index contributed by atoms with van der Waals surface area (Å²) in [7, 11) is 1.74. The van der Waals surface area contributed by atoms with Gasteiger partial charge in [-0.25, -0.2) is 9.97 Å². The minimum atomic E-state index is 0.239. The number of para-hydroxylation sites is 2. The Morgan fingerprint density at radius 1 is 1.28 bits per heavy atom. The maximum Gasteiger partial charge on any atom is 0.142 e. The molecule has 1 aliphatic heterocycles. The monoisotopic (exact) mass is 340 g/mol. The molecule has 0 saturated carbocycles. The van der Waals surface area contributed by atoms with Crippen LogP contribution in [0.3, 0.4) is 0 Å². The molecule has 134 valence electrons. The summed E-state index contributed by atoms with van der Waals surface area (Å²) in [6.07, 6.45) is 4.31. The fraction of sp³-hybridized carbons (Fsp3) is 0.500. The van der Waals surface area contributed by atoms with Crippen molar-refractivity contribution >= 4 is 5.69 Å². The fourth-order valence-corrected chi connectivity index (χ4v) is 3.68. The number of benzene rings is 1. The molecular weight excluding hydrogens is 312 g/mol. The molecule has 1 fully saturated rings. The van der Waals surface area contributed by atoms with Crippen molar-refractivity contribution in [1.29, 1.82) is 0 Å². The molecule has 2 heterocycles. The number of piperidine rings is 1. The van der Waals surface area contributed by atoms with E-state index in [0.29, 0.717) is 6.04 Å². The van der Waals surface area contributed by atoms with Gasteiger partial charge in [0, 0.05) is 42.6 Å². The number of methoxy groups -OCH3 is 1. The minimum absolute atomic E-state index is 0.239. The smallest absolute Gasteiger partial charge is 0.142 e. The van der Waals surface area contributed by atoms with E-state index in [0.717, 1.165) is 30.4 Å². The Hall–Kier alpha value is -2.14. The molecule has 0 radical (unpaired) electrons. The molecule has 25 heavy (non-hydrogen) atoms. The van der Waals surface area contributed by atoms with Gasteiger partial charge >= 0.3 is 0 Å². The van der Waals surface area contributed by atoms with Crippen LogP contribution in [-0.4, -0.2) is 36.2 Å². The van der Waals surface area contributed by atoms with E-state index >= 15 is 0 Å². The van der Waals surface area contributed by atoms with Gasteiger partial charge in [0.15, 0.2) is 0 Å². The third kappa shape index (κ3) is 4.10. The minimum Gasteiger partial charge on any atom is -0.495 e. The first kappa shape index (κ1) is 17.7. The lowest BCUT2D eigenvalue weighted by Crippen LogP contribution is -2.46. The zero-order chi connectivity index (χ0) is 17.8. The standard InChI is InChI=1S/C20H28N4O/c1-14-18(12-21-16(3)22-14)15(2)23-17-8-7-11-24(13-17)19-9-5-6-10-20(19)25-4/h5-6,9-10,12,15,17,23H,7-8,11,13H2,1-4H3/t15-,17+/m1/s1. The van der Waals surface area contributed by atoms with E-state index in [9.17, 15) is 0 Å². The SMILES string of the molecule is COc1ccccc1N1CCC[C@H](N[C@H](C)c2cnc(C)nc2C)C1. The molecular formula is C20H28N4O. The van der Waals surface area contributed by atoms with E-state index < -0.39 is 0 Å². The Morgan fingerprint density at radius 3 is 2.84 bits per heavy atom. The van der Waals surface area contributed by atoms with Crippen LogP contribution in [0.5, 0.6) is 5.75 Å². The molecule has 0 aliphatic carbocycles. The Kier molecular flexibility index (Phi) is 5.53. The van der Waals surface area contributed by atoms with E-state index in [1.54, 1.807) is 7.11 Å². The van der Waals surface area contributed by atoms with E-state index in [1.165, 1.54) is 24.1 Å². The van der Waals surface area contributed by atoms with Crippen molar-refractivity contribution < 1.29 is 4.74 Å². The Balaban J connectivity index is 1.69. The van der Waals surface area contributed by atoms with E-state index in [-0.39, 0.29) is 6.04 Å². The second-order valence-corrected chi connectivity index (χ2v) is 6.80. The summed E-state index contributed by atoms with van der Waals surface area (Å²) >= 11 is 0. The van der Waals surface area contributed by atoms with Crippen molar-refractivity contribution in [3.63, 3.8) is 0 Å². The molecule has 0 unspecified atom stereocenters. The molecule has 0 amide bonds. The summed E-state index contributed by atoms with van der Waals surface area (Å²) in [5.41, 5.74) is 3.42. The van der Waals surface area contributed by atoms with Gasteiger partial charge in [0.05, 0.1) is 12.8 Å². The van der Waals surface area contributed by atoms with Crippen LogP contribution in [0.15, 0.2) is 30.5 Å². The molecule has 2 atom stereocenters. The third-order valence-electron chi connectivity index (χ3n) is 4.94. The maximum absolute atomic E-state index is 5.53. The Labute approximate surface area is 150 Å². The summed E-state index contributed by atoms with van der Waals surface area (Å²) < 4.78 is 5.53. The zero-order valence-corrected chi connectivity index (χ0v) is 15.6. The molecule has 5 nitrogen and oxygen atoms in total. The molecule has 5 heteroatoms. The summed E-state index contributed by atoms with van der Waals surface area (Å²) in [6.45, 7) is 8.24. The topological polar surface area (TPSA) is 50.3 Å². The van der Waals surface area contributed by atoms with Crippen molar-refractivity contribution in [2.75, 3.05) is 25.1 Å². The molecule has 3 rings (SSSR count). The van der Waals surface area contributed by atoms with Crippen molar-refractivity contribution in [2.45, 2.75) is 45.7 Å². The average Bonchev–Trinajstić information content (AvgIpc) is 2.61. The predicted molar refractivity (Wildman–Crippen MR) is 101 cm³/mol. The lowest BCUT2D eigenvalue weighted by Gasteiger charge is -2.37. The van der Waals surface area contributed by atoms with Gasteiger partial charge in [0.2, 0.25) is 0 Å². The third-order valence-corrected chi connectivity index (χ3v) is 4.94. The fourth-order valence-electron chi connectivity index (χ4n) is 3.68. The van der Waals surface area contributed by atoms with E-state index in [2.05, 4.69) is 46.2 Å². The Morgan fingerprint density at radius 2 is 2.08 bits per heavy atom. The van der Waals surface area contributed by atoms with Crippen LogP contribution < -0.4 is 15.0 Å². The molecule has 0 spiro atoms. The van der Waals surface area contributed by atoms with Gasteiger partial charge in [-0.05, 0) is 45.7 Å². The number of rotatable bonds is 5. The quantitative estimate of drug-likeness (QED) is 0.904. The van der Waals surface area contributed by atoms with E-state index in [4.69, 9.17) is 4.74 Å². The molecule has 2 aromatic rings. The predicted octanol–water partition coefficient (Wildman–Crippen LogP) is 3.42. The van der Waals surface area contributed by atoms with Crippen LogP contribution in [0, 0.1) is 13.8 Å². The lowest BCUT2D eigenvalue weighted by atomic mass is 10.0. The summed E-state index contributed by atoms with van der Waals surface area (Å²) in [4.78, 5) is 11.3. The zero-order valence-electron chi connectivity index (χ0n) is 15.6. The van der Waals surface area contributed by atoms with Crippen molar-refractivity contribution in [1.82, 2.24) is 15.3 Å².